The molecule has 14 heavy (non-hydrogen) atoms. The summed E-state index contributed by atoms with van der Waals surface area (Å²) in [5.74, 6) is 0.172. The molecule has 0 aliphatic heterocycles. The van der Waals surface area contributed by atoms with Crippen molar-refractivity contribution in [3.8, 4) is 0 Å². The zero-order chi connectivity index (χ0) is 11.4. The Hall–Kier alpha value is -0.610. The molecule has 0 saturated heterocycles. The predicted octanol–water partition coefficient (Wildman–Crippen LogP) is 0.247. The summed E-state index contributed by atoms with van der Waals surface area (Å²) < 4.78 is 0. The first-order chi connectivity index (χ1) is 6.24. The summed E-state index contributed by atoms with van der Waals surface area (Å²) in [4.78, 5) is 11.1. The number of carbonyl (C=O) groups is 1. The topological polar surface area (TPSA) is 75.3 Å². The highest BCUT2D eigenvalue weighted by Gasteiger charge is 2.22. The van der Waals surface area contributed by atoms with Gasteiger partial charge < -0.3 is 16.2 Å². The van der Waals surface area contributed by atoms with Crippen LogP contribution in [0.15, 0.2) is 0 Å². The van der Waals surface area contributed by atoms with E-state index in [-0.39, 0.29) is 12.5 Å². The highest BCUT2D eigenvalue weighted by molar-refractivity contribution is 5.80. The molecule has 0 fully saturated rings. The van der Waals surface area contributed by atoms with Gasteiger partial charge in [0.2, 0.25) is 5.91 Å². The summed E-state index contributed by atoms with van der Waals surface area (Å²) in [7, 11) is 0. The Morgan fingerprint density at radius 1 is 1.50 bits per heavy atom. The highest BCUT2D eigenvalue weighted by Crippen LogP contribution is 2.14. The fourth-order valence-electron chi connectivity index (χ4n) is 1.39. The van der Waals surface area contributed by atoms with E-state index >= 15 is 0 Å². The van der Waals surface area contributed by atoms with E-state index < -0.39 is 11.6 Å². The van der Waals surface area contributed by atoms with Gasteiger partial charge in [0.25, 0.3) is 0 Å². The van der Waals surface area contributed by atoms with Crippen molar-refractivity contribution in [2.24, 2.45) is 11.7 Å². The average Bonchev–Trinajstić information content (AvgIpc) is 1.97. The largest absolute Gasteiger partial charge is 0.388 e. The second kappa shape index (κ2) is 5.32. The number of rotatable bonds is 5. The Morgan fingerprint density at radius 3 is 2.36 bits per heavy atom. The lowest BCUT2D eigenvalue weighted by molar-refractivity contribution is -0.123. The number of amides is 1. The van der Waals surface area contributed by atoms with E-state index in [1.807, 2.05) is 13.8 Å². The molecular weight excluding hydrogens is 180 g/mol. The third-order valence-electron chi connectivity index (χ3n) is 1.91. The molecule has 1 amide bonds. The van der Waals surface area contributed by atoms with E-state index in [1.165, 1.54) is 0 Å². The number of nitrogens with two attached hydrogens (primary N) is 1. The van der Waals surface area contributed by atoms with Gasteiger partial charge in [-0.15, -0.1) is 0 Å². The van der Waals surface area contributed by atoms with Crippen molar-refractivity contribution in [1.29, 1.82) is 0 Å². The molecule has 0 aliphatic carbocycles. The maximum absolute atomic E-state index is 11.1. The minimum atomic E-state index is -0.848. The SMILES string of the molecule is CC(C)CC(C)(O)CNC(=O)C(C)N. The van der Waals surface area contributed by atoms with Gasteiger partial charge in [-0.1, -0.05) is 13.8 Å². The fourth-order valence-corrected chi connectivity index (χ4v) is 1.39. The average molecular weight is 202 g/mol. The summed E-state index contributed by atoms with van der Waals surface area (Å²) in [5, 5.41) is 12.5. The molecule has 0 aromatic heterocycles. The van der Waals surface area contributed by atoms with Gasteiger partial charge in [-0.3, -0.25) is 4.79 Å². The van der Waals surface area contributed by atoms with E-state index in [4.69, 9.17) is 5.73 Å². The van der Waals surface area contributed by atoms with E-state index in [0.717, 1.165) is 0 Å². The molecule has 0 bridgehead atoms. The molecule has 0 radical (unpaired) electrons. The zero-order valence-electron chi connectivity index (χ0n) is 9.50. The molecule has 0 saturated carbocycles. The van der Waals surface area contributed by atoms with Crippen molar-refractivity contribution in [3.05, 3.63) is 0 Å². The maximum atomic E-state index is 11.1. The van der Waals surface area contributed by atoms with Crippen LogP contribution in [0.4, 0.5) is 0 Å². The van der Waals surface area contributed by atoms with Crippen LogP contribution in [0.25, 0.3) is 0 Å². The molecule has 2 atom stereocenters. The second-order valence-corrected chi connectivity index (χ2v) is 4.60. The lowest BCUT2D eigenvalue weighted by Gasteiger charge is -2.25. The molecule has 4 nitrogen and oxygen atoms in total. The third-order valence-corrected chi connectivity index (χ3v) is 1.91. The molecule has 0 heterocycles. The first kappa shape index (κ1) is 13.4. The van der Waals surface area contributed by atoms with E-state index in [0.29, 0.717) is 12.3 Å². The van der Waals surface area contributed by atoms with Crippen molar-refractivity contribution < 1.29 is 9.90 Å². The first-order valence-electron chi connectivity index (χ1n) is 5.00. The van der Waals surface area contributed by atoms with E-state index in [2.05, 4.69) is 5.32 Å². The molecule has 0 spiro atoms. The highest BCUT2D eigenvalue weighted by atomic mass is 16.3. The number of nitrogens with one attached hydrogen (secondary N) is 1. The molecule has 4 N–H and O–H groups in total. The Bertz CT molecular complexity index is 189. The van der Waals surface area contributed by atoms with Crippen molar-refractivity contribution in [1.82, 2.24) is 5.32 Å². The lowest BCUT2D eigenvalue weighted by atomic mass is 9.94. The van der Waals surface area contributed by atoms with Crippen LogP contribution in [0.2, 0.25) is 0 Å². The summed E-state index contributed by atoms with van der Waals surface area (Å²) in [6.45, 7) is 7.65. The van der Waals surface area contributed by atoms with Gasteiger partial charge in [0.15, 0.2) is 0 Å². The second-order valence-electron chi connectivity index (χ2n) is 4.60. The molecule has 0 rings (SSSR count). The number of hydrogen-bond acceptors (Lipinski definition) is 3. The van der Waals surface area contributed by atoms with Crippen LogP contribution in [0, 0.1) is 5.92 Å². The van der Waals surface area contributed by atoms with Crippen LogP contribution >= 0.6 is 0 Å². The summed E-state index contributed by atoms with van der Waals surface area (Å²) in [6.07, 6.45) is 0.659. The van der Waals surface area contributed by atoms with Gasteiger partial charge in [-0.05, 0) is 26.2 Å². The molecule has 0 aromatic rings. The maximum Gasteiger partial charge on any atom is 0.236 e. The zero-order valence-corrected chi connectivity index (χ0v) is 9.50. The van der Waals surface area contributed by atoms with E-state index in [9.17, 15) is 9.90 Å². The quantitative estimate of drug-likeness (QED) is 0.598. The molecule has 2 unspecified atom stereocenters. The Morgan fingerprint density at radius 2 is 2.00 bits per heavy atom. The lowest BCUT2D eigenvalue weighted by Crippen LogP contribution is -2.46. The van der Waals surface area contributed by atoms with Crippen LogP contribution in [0.3, 0.4) is 0 Å². The van der Waals surface area contributed by atoms with Crippen molar-refractivity contribution in [3.63, 3.8) is 0 Å². The molecular formula is C10H22N2O2. The number of aliphatic hydroxyl groups is 1. The summed E-state index contributed by atoms with van der Waals surface area (Å²) in [6, 6.07) is -0.523. The van der Waals surface area contributed by atoms with Crippen LogP contribution in [0.1, 0.15) is 34.1 Å². The summed E-state index contributed by atoms with van der Waals surface area (Å²) in [5.41, 5.74) is 4.52. The monoisotopic (exact) mass is 202 g/mol. The van der Waals surface area contributed by atoms with Crippen LogP contribution in [0.5, 0.6) is 0 Å². The molecule has 0 aliphatic rings. The smallest absolute Gasteiger partial charge is 0.236 e. The van der Waals surface area contributed by atoms with Gasteiger partial charge in [0.05, 0.1) is 11.6 Å². The minimum absolute atomic E-state index is 0.228. The van der Waals surface area contributed by atoms with Gasteiger partial charge in [-0.2, -0.15) is 0 Å². The van der Waals surface area contributed by atoms with Crippen molar-refractivity contribution in [2.45, 2.75) is 45.8 Å². The fraction of sp³-hybridized carbons (Fsp3) is 0.900. The van der Waals surface area contributed by atoms with Crippen molar-refractivity contribution in [2.75, 3.05) is 6.54 Å². The van der Waals surface area contributed by atoms with Crippen LogP contribution in [-0.2, 0) is 4.79 Å². The Labute approximate surface area is 85.9 Å². The number of hydrogen-bond donors (Lipinski definition) is 3. The standard InChI is InChI=1S/C10H22N2O2/c1-7(2)5-10(4,14)6-12-9(13)8(3)11/h7-8,14H,5-6,11H2,1-4H3,(H,12,13). The Kier molecular flexibility index (Phi) is 5.08. The molecule has 0 aromatic carbocycles. The van der Waals surface area contributed by atoms with Crippen molar-refractivity contribution >= 4 is 5.91 Å². The third kappa shape index (κ3) is 5.94. The summed E-state index contributed by atoms with van der Waals surface area (Å²) >= 11 is 0. The predicted molar refractivity (Wildman–Crippen MR) is 56.7 cm³/mol. The molecule has 84 valence electrons. The van der Waals surface area contributed by atoms with Crippen LogP contribution in [-0.4, -0.2) is 29.2 Å². The van der Waals surface area contributed by atoms with Crippen LogP contribution < -0.4 is 11.1 Å². The van der Waals surface area contributed by atoms with Gasteiger partial charge in [0, 0.05) is 6.54 Å². The van der Waals surface area contributed by atoms with Gasteiger partial charge in [-0.25, -0.2) is 0 Å². The minimum Gasteiger partial charge on any atom is -0.388 e. The molecule has 4 heteroatoms. The Balaban J connectivity index is 3.92. The van der Waals surface area contributed by atoms with Gasteiger partial charge in [0.1, 0.15) is 0 Å². The number of carbonyl (C=O) groups excluding carboxylic acids is 1. The van der Waals surface area contributed by atoms with Gasteiger partial charge >= 0.3 is 0 Å². The van der Waals surface area contributed by atoms with E-state index in [1.54, 1.807) is 13.8 Å². The normalized spacial score (nSPS) is 17.6. The first-order valence-corrected chi connectivity index (χ1v) is 5.00.